The Morgan fingerprint density at radius 2 is 1.65 bits per heavy atom. The minimum absolute atomic E-state index is 0.0349. The first-order valence-electron chi connectivity index (χ1n) is 15.8. The molecule has 1 aromatic heterocycles. The molecule has 0 spiro atoms. The standard InChI is InChI=1S/C35H46ClN5O5/c1-23(2)31(33(44)41-20-28(21-41)40-16-15-37-22-40)39-32(43)26(17-25-11-13-27(36)14-12-25)19-30(42)29(18-24-9-7-6-8-10-24)38-34(45)46-35(3,4)5/h6-16,22-23,26,28-31,42H,17-21H2,1-5H3,(H,38,45)(H,39,43)/t26-,29-,30+,31-/m0/s1. The molecule has 3 amide bonds. The predicted molar refractivity (Wildman–Crippen MR) is 177 cm³/mol. The van der Waals surface area contributed by atoms with Gasteiger partial charge in [-0.3, -0.25) is 9.59 Å². The lowest BCUT2D eigenvalue weighted by Gasteiger charge is -2.42. The first-order chi connectivity index (χ1) is 21.8. The number of nitrogens with zero attached hydrogens (tertiary/aromatic N) is 3. The molecule has 0 bridgehead atoms. The number of hydrogen-bond donors (Lipinski definition) is 3. The number of ether oxygens (including phenoxy) is 1. The molecule has 248 valence electrons. The van der Waals surface area contributed by atoms with Crippen LogP contribution < -0.4 is 10.6 Å². The number of alkyl carbamates (subject to hydrolysis) is 1. The van der Waals surface area contributed by atoms with Crippen LogP contribution in [0.25, 0.3) is 0 Å². The third-order valence-corrected chi connectivity index (χ3v) is 8.36. The van der Waals surface area contributed by atoms with Crippen molar-refractivity contribution in [3.63, 3.8) is 0 Å². The van der Waals surface area contributed by atoms with E-state index in [1.54, 1.807) is 50.3 Å². The Balaban J connectivity index is 1.51. The third-order valence-electron chi connectivity index (χ3n) is 8.11. The molecule has 3 N–H and O–H groups in total. The average molecular weight is 652 g/mol. The molecule has 1 aliphatic heterocycles. The Labute approximate surface area is 276 Å². The molecule has 0 radical (unpaired) electrons. The summed E-state index contributed by atoms with van der Waals surface area (Å²) in [6.45, 7) is 10.2. The first-order valence-corrected chi connectivity index (χ1v) is 16.2. The van der Waals surface area contributed by atoms with E-state index < -0.39 is 35.8 Å². The summed E-state index contributed by atoms with van der Waals surface area (Å²) in [5, 5.41) is 18.0. The van der Waals surface area contributed by atoms with E-state index in [0.717, 1.165) is 11.1 Å². The quantitative estimate of drug-likeness (QED) is 0.244. The lowest BCUT2D eigenvalue weighted by atomic mass is 9.88. The van der Waals surface area contributed by atoms with E-state index in [9.17, 15) is 19.5 Å². The van der Waals surface area contributed by atoms with Crippen molar-refractivity contribution < 1.29 is 24.2 Å². The smallest absolute Gasteiger partial charge is 0.407 e. The number of halogens is 1. The second kappa shape index (κ2) is 15.6. The number of imidazole rings is 1. The summed E-state index contributed by atoms with van der Waals surface area (Å²) in [7, 11) is 0. The summed E-state index contributed by atoms with van der Waals surface area (Å²) in [6.07, 6.45) is 4.24. The summed E-state index contributed by atoms with van der Waals surface area (Å²) < 4.78 is 7.47. The van der Waals surface area contributed by atoms with E-state index in [-0.39, 0.29) is 30.2 Å². The first kappa shape index (κ1) is 35.0. The minimum atomic E-state index is -1.10. The molecular formula is C35H46ClN5O5. The van der Waals surface area contributed by atoms with E-state index in [1.165, 1.54) is 0 Å². The second-order valence-electron chi connectivity index (χ2n) is 13.4. The maximum atomic E-state index is 14.0. The summed E-state index contributed by atoms with van der Waals surface area (Å²) in [5.41, 5.74) is 1.04. The Kier molecular flexibility index (Phi) is 11.9. The van der Waals surface area contributed by atoms with Crippen molar-refractivity contribution >= 4 is 29.5 Å². The van der Waals surface area contributed by atoms with Gasteiger partial charge >= 0.3 is 6.09 Å². The Morgan fingerprint density at radius 1 is 1.00 bits per heavy atom. The van der Waals surface area contributed by atoms with Crippen molar-refractivity contribution in [3.05, 3.63) is 89.5 Å². The largest absolute Gasteiger partial charge is 0.444 e. The molecule has 1 fully saturated rings. The van der Waals surface area contributed by atoms with Gasteiger partial charge in [0.2, 0.25) is 11.8 Å². The number of aromatic nitrogens is 2. The van der Waals surface area contributed by atoms with Crippen molar-refractivity contribution in [1.29, 1.82) is 0 Å². The number of carbonyl (C=O) groups excluding carboxylic acids is 3. The van der Waals surface area contributed by atoms with Crippen LogP contribution in [0.3, 0.4) is 0 Å². The van der Waals surface area contributed by atoms with Gasteiger partial charge in [-0.2, -0.15) is 0 Å². The van der Waals surface area contributed by atoms with Crippen LogP contribution in [-0.2, 0) is 27.2 Å². The summed E-state index contributed by atoms with van der Waals surface area (Å²) in [5.74, 6) is -1.36. The van der Waals surface area contributed by atoms with Crippen LogP contribution in [0.4, 0.5) is 4.79 Å². The molecule has 10 nitrogen and oxygen atoms in total. The minimum Gasteiger partial charge on any atom is -0.444 e. The van der Waals surface area contributed by atoms with Crippen LogP contribution in [0, 0.1) is 11.8 Å². The molecule has 0 aliphatic carbocycles. The van der Waals surface area contributed by atoms with Gasteiger partial charge in [-0.1, -0.05) is 67.9 Å². The van der Waals surface area contributed by atoms with Crippen LogP contribution >= 0.6 is 11.6 Å². The number of aliphatic hydroxyl groups is 1. The molecule has 4 atom stereocenters. The van der Waals surface area contributed by atoms with E-state index in [1.807, 2.05) is 67.1 Å². The fraction of sp³-hybridized carbons (Fsp3) is 0.486. The van der Waals surface area contributed by atoms with E-state index in [4.69, 9.17) is 16.3 Å². The van der Waals surface area contributed by atoms with Gasteiger partial charge in [-0.05, 0) is 69.2 Å². The molecule has 2 aromatic carbocycles. The fourth-order valence-electron chi connectivity index (χ4n) is 5.54. The number of rotatable bonds is 13. The number of nitrogens with one attached hydrogen (secondary N) is 2. The van der Waals surface area contributed by atoms with Gasteiger partial charge in [0.25, 0.3) is 0 Å². The van der Waals surface area contributed by atoms with E-state index in [2.05, 4.69) is 15.6 Å². The lowest BCUT2D eigenvalue weighted by Crippen LogP contribution is -2.59. The Hall–Kier alpha value is -3.89. The zero-order chi connectivity index (χ0) is 33.4. The summed E-state index contributed by atoms with van der Waals surface area (Å²) in [6, 6.07) is 15.4. The van der Waals surface area contributed by atoms with Crippen LogP contribution in [0.15, 0.2) is 73.3 Å². The molecule has 0 saturated carbocycles. The van der Waals surface area contributed by atoms with Gasteiger partial charge in [0.15, 0.2) is 0 Å². The highest BCUT2D eigenvalue weighted by atomic mass is 35.5. The summed E-state index contributed by atoms with van der Waals surface area (Å²) in [4.78, 5) is 46.2. The Morgan fingerprint density at radius 3 is 2.24 bits per heavy atom. The van der Waals surface area contributed by atoms with Crippen LogP contribution in [-0.4, -0.2) is 74.3 Å². The lowest BCUT2D eigenvalue weighted by molar-refractivity contribution is -0.143. The molecular weight excluding hydrogens is 606 g/mol. The molecule has 1 aliphatic rings. The molecule has 4 rings (SSSR count). The van der Waals surface area contributed by atoms with Gasteiger partial charge < -0.3 is 29.9 Å². The highest BCUT2D eigenvalue weighted by Gasteiger charge is 2.38. The maximum Gasteiger partial charge on any atom is 0.407 e. The summed E-state index contributed by atoms with van der Waals surface area (Å²) >= 11 is 6.12. The van der Waals surface area contributed by atoms with Gasteiger partial charge in [-0.15, -0.1) is 0 Å². The molecule has 1 saturated heterocycles. The van der Waals surface area contributed by atoms with Gasteiger partial charge in [-0.25, -0.2) is 9.78 Å². The topological polar surface area (TPSA) is 126 Å². The zero-order valence-electron chi connectivity index (χ0n) is 27.2. The number of hydrogen-bond acceptors (Lipinski definition) is 6. The average Bonchev–Trinajstić information content (AvgIpc) is 3.49. The normalized spacial score (nSPS) is 16.2. The number of amides is 3. The molecule has 46 heavy (non-hydrogen) atoms. The monoisotopic (exact) mass is 651 g/mol. The van der Waals surface area contributed by atoms with Crippen molar-refractivity contribution in [3.8, 4) is 0 Å². The fourth-order valence-corrected chi connectivity index (χ4v) is 5.67. The van der Waals surface area contributed by atoms with E-state index >= 15 is 0 Å². The van der Waals surface area contributed by atoms with Crippen LogP contribution in [0.5, 0.6) is 0 Å². The van der Waals surface area contributed by atoms with E-state index in [0.29, 0.717) is 31.0 Å². The third kappa shape index (κ3) is 10.1. The molecule has 3 aromatic rings. The van der Waals surface area contributed by atoms with Crippen molar-refractivity contribution in [2.24, 2.45) is 11.8 Å². The number of aliphatic hydroxyl groups excluding tert-OH is 1. The zero-order valence-corrected chi connectivity index (χ0v) is 28.0. The van der Waals surface area contributed by atoms with Crippen LogP contribution in [0.1, 0.15) is 58.2 Å². The SMILES string of the molecule is CC(C)[C@H](NC(=O)[C@@H](Cc1ccc(Cl)cc1)C[C@@H](O)[C@H](Cc1ccccc1)NC(=O)OC(C)(C)C)C(=O)N1CC(n2ccnc2)C1. The number of carbonyl (C=O) groups is 3. The highest BCUT2D eigenvalue weighted by molar-refractivity contribution is 6.30. The predicted octanol–water partition coefficient (Wildman–Crippen LogP) is 4.81. The Bertz CT molecular complexity index is 1420. The van der Waals surface area contributed by atoms with Gasteiger partial charge in [0, 0.05) is 36.4 Å². The molecule has 11 heteroatoms. The number of benzene rings is 2. The maximum absolute atomic E-state index is 14.0. The van der Waals surface area contributed by atoms with Gasteiger partial charge in [0.05, 0.1) is 24.5 Å². The second-order valence-corrected chi connectivity index (χ2v) is 13.8. The highest BCUT2D eigenvalue weighted by Crippen LogP contribution is 2.25. The molecule has 2 heterocycles. The van der Waals surface area contributed by atoms with Gasteiger partial charge in [0.1, 0.15) is 11.6 Å². The van der Waals surface area contributed by atoms with Crippen molar-refractivity contribution in [2.45, 2.75) is 83.7 Å². The van der Waals surface area contributed by atoms with Crippen molar-refractivity contribution in [2.75, 3.05) is 13.1 Å². The van der Waals surface area contributed by atoms with Crippen LogP contribution in [0.2, 0.25) is 5.02 Å². The van der Waals surface area contributed by atoms with Crippen molar-refractivity contribution in [1.82, 2.24) is 25.1 Å². The number of likely N-dealkylation sites (tertiary alicyclic amines) is 1. The molecule has 0 unspecified atom stereocenters.